The fourth-order valence-electron chi connectivity index (χ4n) is 8.75. The Balaban J connectivity index is 4.29. The third kappa shape index (κ3) is 64.1. The Labute approximate surface area is 493 Å². The van der Waals surface area contributed by atoms with E-state index in [0.717, 1.165) is 122 Å². The van der Waals surface area contributed by atoms with Crippen molar-refractivity contribution in [3.05, 3.63) is 146 Å². The average Bonchev–Trinajstić information content (AvgIpc) is 3.46. The van der Waals surface area contributed by atoms with Crippen molar-refractivity contribution < 1.29 is 28.6 Å². The summed E-state index contributed by atoms with van der Waals surface area (Å²) in [6.45, 7) is 6.36. The lowest BCUT2D eigenvalue weighted by Gasteiger charge is -2.18. The molecule has 0 aliphatic rings. The molecule has 0 fully saturated rings. The average molecular weight is 1110 g/mol. The highest BCUT2D eigenvalue weighted by Gasteiger charge is 2.19. The fourth-order valence-corrected chi connectivity index (χ4v) is 8.75. The molecule has 0 saturated carbocycles. The molecule has 0 aromatic carbocycles. The van der Waals surface area contributed by atoms with Crippen molar-refractivity contribution >= 4 is 17.9 Å². The summed E-state index contributed by atoms with van der Waals surface area (Å²) in [6.07, 6.45) is 95.8. The molecule has 6 nitrogen and oxygen atoms in total. The van der Waals surface area contributed by atoms with Crippen molar-refractivity contribution in [1.29, 1.82) is 0 Å². The second kappa shape index (κ2) is 66.8. The van der Waals surface area contributed by atoms with Crippen LogP contribution in [0.5, 0.6) is 0 Å². The van der Waals surface area contributed by atoms with Crippen LogP contribution in [-0.4, -0.2) is 37.2 Å². The van der Waals surface area contributed by atoms with Gasteiger partial charge in [-0.15, -0.1) is 0 Å². The summed E-state index contributed by atoms with van der Waals surface area (Å²) in [5.41, 5.74) is 0. The summed E-state index contributed by atoms with van der Waals surface area (Å²) in [5.74, 6) is -0.963. The smallest absolute Gasteiger partial charge is 0.306 e. The molecule has 0 aliphatic heterocycles. The monoisotopic (exact) mass is 1100 g/mol. The molecular formula is C74H120O6. The molecule has 0 aliphatic carbocycles. The van der Waals surface area contributed by atoms with Crippen LogP contribution in [0.2, 0.25) is 0 Å². The third-order valence-electron chi connectivity index (χ3n) is 13.6. The van der Waals surface area contributed by atoms with Gasteiger partial charge in [0.1, 0.15) is 13.2 Å². The van der Waals surface area contributed by atoms with Crippen LogP contribution < -0.4 is 0 Å². The van der Waals surface area contributed by atoms with Gasteiger partial charge in [-0.1, -0.05) is 295 Å². The van der Waals surface area contributed by atoms with Crippen molar-refractivity contribution in [2.75, 3.05) is 13.2 Å². The van der Waals surface area contributed by atoms with Gasteiger partial charge in [0.15, 0.2) is 6.10 Å². The largest absolute Gasteiger partial charge is 0.462 e. The number of hydrogen-bond donors (Lipinski definition) is 0. The van der Waals surface area contributed by atoms with E-state index in [1.807, 2.05) is 0 Å². The quantitative estimate of drug-likeness (QED) is 0.0261. The van der Waals surface area contributed by atoms with E-state index in [1.54, 1.807) is 0 Å². The number of esters is 3. The highest BCUT2D eigenvalue weighted by molar-refractivity contribution is 5.71. The molecule has 0 saturated heterocycles. The lowest BCUT2D eigenvalue weighted by molar-refractivity contribution is -0.167. The van der Waals surface area contributed by atoms with Crippen molar-refractivity contribution in [2.24, 2.45) is 0 Å². The van der Waals surface area contributed by atoms with Crippen molar-refractivity contribution in [2.45, 2.75) is 290 Å². The molecule has 80 heavy (non-hydrogen) atoms. The van der Waals surface area contributed by atoms with Crippen molar-refractivity contribution in [3.63, 3.8) is 0 Å². The van der Waals surface area contributed by atoms with Crippen LogP contribution in [0.4, 0.5) is 0 Å². The maximum atomic E-state index is 12.9. The zero-order valence-electron chi connectivity index (χ0n) is 51.8. The highest BCUT2D eigenvalue weighted by Crippen LogP contribution is 2.16. The lowest BCUT2D eigenvalue weighted by atomic mass is 10.0. The van der Waals surface area contributed by atoms with Gasteiger partial charge < -0.3 is 14.2 Å². The summed E-state index contributed by atoms with van der Waals surface area (Å²) in [5, 5.41) is 0. The fraction of sp³-hybridized carbons (Fsp3) is 0.635. The molecule has 1 atom stereocenters. The summed E-state index contributed by atoms with van der Waals surface area (Å²) in [4.78, 5) is 38.2. The first-order valence-electron chi connectivity index (χ1n) is 32.8. The second-order valence-corrected chi connectivity index (χ2v) is 21.3. The Hall–Kier alpha value is -4.71. The summed E-state index contributed by atoms with van der Waals surface area (Å²) in [6, 6.07) is 0. The molecule has 0 aromatic rings. The number of rotatable bonds is 58. The predicted octanol–water partition coefficient (Wildman–Crippen LogP) is 22.7. The standard InChI is InChI=1S/C74H120O6/c1-4-7-10-13-16-19-22-25-27-29-30-31-32-33-34-35-36-37-38-39-40-41-42-43-44-46-47-49-52-55-58-61-64-67-73(76)79-70-71(69-78-72(75)66-63-60-57-54-51-24-21-18-15-12-9-6-3)80-74(77)68-65-62-59-56-53-50-48-45-28-26-23-20-17-14-11-8-5-2/h7-8,10-11,16-17,19-20,25-28,30-31,33-34,36-37,39-40,48,50,56,59,71H,4-6,9,12-15,18,21-24,29,32,35,38,41-47,49,51-55,57-58,60-70H2,1-3H3/b10-7-,11-8-,19-16-,20-17-,27-25-,28-26-,31-30-,34-33-,37-36-,40-39-,50-48-,59-56-. The molecule has 0 spiro atoms. The van der Waals surface area contributed by atoms with Crippen LogP contribution in [0.1, 0.15) is 284 Å². The van der Waals surface area contributed by atoms with Gasteiger partial charge in [-0.2, -0.15) is 0 Å². The topological polar surface area (TPSA) is 78.9 Å². The molecule has 0 bridgehead atoms. The molecule has 1 unspecified atom stereocenters. The Morgan fingerprint density at radius 2 is 0.500 bits per heavy atom. The molecule has 452 valence electrons. The molecule has 6 heteroatoms. The lowest BCUT2D eigenvalue weighted by Crippen LogP contribution is -2.30. The Morgan fingerprint density at radius 1 is 0.263 bits per heavy atom. The van der Waals surface area contributed by atoms with Gasteiger partial charge in [0.25, 0.3) is 0 Å². The van der Waals surface area contributed by atoms with Crippen LogP contribution in [-0.2, 0) is 28.6 Å². The normalized spacial score (nSPS) is 13.1. The number of carbonyl (C=O) groups is 3. The summed E-state index contributed by atoms with van der Waals surface area (Å²) in [7, 11) is 0. The predicted molar refractivity (Wildman–Crippen MR) is 348 cm³/mol. The SMILES string of the molecule is CC/C=C\C/C=C\C/C=C\C/C=C\C/C=C\C/C=C\C/C=C\CCCCCCCCCCCCCC(=O)OCC(COC(=O)CCCCCCCCCCCCCC)OC(=O)CCC/C=C\C/C=C\C/C=C\C/C=C\C/C=C\CC. The van der Waals surface area contributed by atoms with Crippen LogP contribution in [0.15, 0.2) is 146 Å². The van der Waals surface area contributed by atoms with Gasteiger partial charge in [0.2, 0.25) is 0 Å². The molecular weight excluding hydrogens is 985 g/mol. The van der Waals surface area contributed by atoms with Gasteiger partial charge in [0.05, 0.1) is 0 Å². The van der Waals surface area contributed by atoms with Crippen molar-refractivity contribution in [3.8, 4) is 0 Å². The molecule has 0 N–H and O–H groups in total. The minimum atomic E-state index is -0.812. The molecule has 0 radical (unpaired) electrons. The Morgan fingerprint density at radius 3 is 0.800 bits per heavy atom. The van der Waals surface area contributed by atoms with Gasteiger partial charge in [-0.25, -0.2) is 0 Å². The van der Waals surface area contributed by atoms with Gasteiger partial charge in [0, 0.05) is 19.3 Å². The highest BCUT2D eigenvalue weighted by atomic mass is 16.6. The molecule has 0 rings (SSSR count). The Kier molecular flexibility index (Phi) is 62.9. The van der Waals surface area contributed by atoms with Gasteiger partial charge in [-0.05, 0) is 116 Å². The first kappa shape index (κ1) is 75.3. The number of carbonyl (C=O) groups excluding carboxylic acids is 3. The van der Waals surface area contributed by atoms with Crippen LogP contribution in [0, 0.1) is 0 Å². The van der Waals surface area contributed by atoms with Crippen LogP contribution in [0.25, 0.3) is 0 Å². The van der Waals surface area contributed by atoms with Crippen molar-refractivity contribution in [1.82, 2.24) is 0 Å². The van der Waals surface area contributed by atoms with E-state index in [2.05, 4.69) is 167 Å². The van der Waals surface area contributed by atoms with E-state index in [9.17, 15) is 14.4 Å². The first-order chi connectivity index (χ1) is 39.5. The van der Waals surface area contributed by atoms with Crippen LogP contribution >= 0.6 is 0 Å². The van der Waals surface area contributed by atoms with E-state index in [4.69, 9.17) is 14.2 Å². The summed E-state index contributed by atoms with van der Waals surface area (Å²) < 4.78 is 16.9. The maximum Gasteiger partial charge on any atom is 0.306 e. The summed E-state index contributed by atoms with van der Waals surface area (Å²) >= 11 is 0. The third-order valence-corrected chi connectivity index (χ3v) is 13.6. The molecule has 0 aromatic heterocycles. The van der Waals surface area contributed by atoms with Gasteiger partial charge in [-0.3, -0.25) is 14.4 Å². The zero-order valence-corrected chi connectivity index (χ0v) is 51.8. The van der Waals surface area contributed by atoms with E-state index >= 15 is 0 Å². The zero-order chi connectivity index (χ0) is 57.8. The van der Waals surface area contributed by atoms with Gasteiger partial charge >= 0.3 is 17.9 Å². The van der Waals surface area contributed by atoms with E-state index in [1.165, 1.54) is 116 Å². The van der Waals surface area contributed by atoms with E-state index < -0.39 is 6.10 Å². The second-order valence-electron chi connectivity index (χ2n) is 21.3. The first-order valence-corrected chi connectivity index (χ1v) is 32.8. The van der Waals surface area contributed by atoms with Crippen LogP contribution in [0.3, 0.4) is 0 Å². The number of allylic oxidation sites excluding steroid dienone is 24. The minimum Gasteiger partial charge on any atom is -0.462 e. The number of hydrogen-bond acceptors (Lipinski definition) is 6. The minimum absolute atomic E-state index is 0.103. The number of unbranched alkanes of at least 4 members (excludes halogenated alkanes) is 23. The molecule has 0 amide bonds. The molecule has 0 heterocycles. The maximum absolute atomic E-state index is 12.9. The Bertz CT molecular complexity index is 1750. The van der Waals surface area contributed by atoms with E-state index in [0.29, 0.717) is 19.3 Å². The number of ether oxygens (including phenoxy) is 3. The van der Waals surface area contributed by atoms with E-state index in [-0.39, 0.29) is 37.5 Å².